The number of hydrogen-bond donors (Lipinski definition) is 0. The second kappa shape index (κ2) is 7.49. The summed E-state index contributed by atoms with van der Waals surface area (Å²) in [7, 11) is 1.91. The number of carbonyl (C=O) groups is 1. The smallest absolute Gasteiger partial charge is 0.275 e. The molecule has 1 atom stereocenters. The van der Waals surface area contributed by atoms with E-state index in [1.807, 2.05) is 36.3 Å². The van der Waals surface area contributed by atoms with Gasteiger partial charge >= 0.3 is 0 Å². The number of aromatic nitrogens is 7. The van der Waals surface area contributed by atoms with Crippen molar-refractivity contribution in [3.63, 3.8) is 0 Å². The first kappa shape index (κ1) is 19.2. The zero-order valence-electron chi connectivity index (χ0n) is 17.5. The minimum absolute atomic E-state index is 0.170. The fraction of sp³-hybridized carbons (Fsp3) is 0.400. The molecule has 5 rings (SSSR count). The number of nitrogens with zero attached hydrogens (tertiary/aromatic N) is 8. The van der Waals surface area contributed by atoms with Crippen LogP contribution in [-0.4, -0.2) is 64.3 Å². The molecule has 0 spiro atoms. The molecule has 1 unspecified atom stereocenters. The zero-order valence-corrected chi connectivity index (χ0v) is 17.5. The fourth-order valence-corrected chi connectivity index (χ4v) is 3.94. The Morgan fingerprint density at radius 2 is 2.19 bits per heavy atom. The van der Waals surface area contributed by atoms with Gasteiger partial charge in [-0.1, -0.05) is 0 Å². The van der Waals surface area contributed by atoms with Gasteiger partial charge in [-0.05, 0) is 13.8 Å². The van der Waals surface area contributed by atoms with Crippen molar-refractivity contribution in [2.45, 2.75) is 32.9 Å². The lowest BCUT2D eigenvalue weighted by Crippen LogP contribution is -2.31. The van der Waals surface area contributed by atoms with Crippen LogP contribution >= 0.6 is 0 Å². The maximum absolute atomic E-state index is 12.5. The topological polar surface area (TPSA) is 117 Å². The molecule has 4 aromatic heterocycles. The van der Waals surface area contributed by atoms with E-state index in [4.69, 9.17) is 14.1 Å². The van der Waals surface area contributed by atoms with Crippen molar-refractivity contribution in [3.05, 3.63) is 36.6 Å². The van der Waals surface area contributed by atoms with E-state index in [-0.39, 0.29) is 12.0 Å². The number of carbonyl (C=O) groups excluding carboxylic acids is 1. The Kier molecular flexibility index (Phi) is 4.64. The molecular formula is C20H22N8O3. The van der Waals surface area contributed by atoms with Gasteiger partial charge in [-0.25, -0.2) is 15.0 Å². The van der Waals surface area contributed by atoms with E-state index in [1.165, 1.54) is 19.0 Å². The van der Waals surface area contributed by atoms with Crippen LogP contribution in [0, 0.1) is 6.92 Å². The molecule has 160 valence electrons. The monoisotopic (exact) mass is 422 g/mol. The summed E-state index contributed by atoms with van der Waals surface area (Å²) >= 11 is 0. The highest BCUT2D eigenvalue weighted by Gasteiger charge is 2.30. The van der Waals surface area contributed by atoms with Crippen LogP contribution in [0.4, 0.5) is 0 Å². The first-order chi connectivity index (χ1) is 15.1. The fourth-order valence-electron chi connectivity index (χ4n) is 3.94. The van der Waals surface area contributed by atoms with Gasteiger partial charge in [-0.2, -0.15) is 10.1 Å². The zero-order chi connectivity index (χ0) is 21.5. The van der Waals surface area contributed by atoms with Crippen molar-refractivity contribution in [2.75, 3.05) is 13.1 Å². The molecule has 0 aromatic carbocycles. The maximum Gasteiger partial charge on any atom is 0.275 e. The van der Waals surface area contributed by atoms with E-state index >= 15 is 0 Å². The number of imidazole rings is 1. The molecule has 0 aliphatic carbocycles. The van der Waals surface area contributed by atoms with E-state index in [1.54, 1.807) is 4.90 Å². The highest BCUT2D eigenvalue weighted by molar-refractivity contribution is 5.92. The molecule has 1 fully saturated rings. The highest BCUT2D eigenvalue weighted by Crippen LogP contribution is 2.30. The summed E-state index contributed by atoms with van der Waals surface area (Å²) in [6.45, 7) is 5.88. The van der Waals surface area contributed by atoms with Crippen LogP contribution in [0.2, 0.25) is 0 Å². The molecule has 4 aromatic rings. The van der Waals surface area contributed by atoms with Crippen molar-refractivity contribution < 1.29 is 13.9 Å². The summed E-state index contributed by atoms with van der Waals surface area (Å²) in [5.74, 6) is 0.996. The van der Waals surface area contributed by atoms with Gasteiger partial charge < -0.3 is 18.6 Å². The summed E-state index contributed by atoms with van der Waals surface area (Å²) in [5.41, 5.74) is 3.54. The summed E-state index contributed by atoms with van der Waals surface area (Å²) in [6.07, 6.45) is 6.39. The summed E-state index contributed by atoms with van der Waals surface area (Å²) in [6, 6.07) is 0. The van der Waals surface area contributed by atoms with E-state index in [9.17, 15) is 4.79 Å². The van der Waals surface area contributed by atoms with Crippen LogP contribution in [-0.2, 0) is 13.6 Å². The van der Waals surface area contributed by atoms with Gasteiger partial charge in [0, 0.05) is 32.3 Å². The molecule has 11 heteroatoms. The number of ether oxygens (including phenoxy) is 1. The number of aryl methyl sites for hydroxylation is 2. The predicted octanol–water partition coefficient (Wildman–Crippen LogP) is 1.84. The number of fused-ring (bicyclic) bond motifs is 1. The van der Waals surface area contributed by atoms with Crippen LogP contribution in [0.1, 0.15) is 29.5 Å². The highest BCUT2D eigenvalue weighted by atomic mass is 16.5. The van der Waals surface area contributed by atoms with Crippen molar-refractivity contribution in [2.24, 2.45) is 7.05 Å². The van der Waals surface area contributed by atoms with Gasteiger partial charge in [0.05, 0.1) is 18.3 Å². The van der Waals surface area contributed by atoms with Gasteiger partial charge in [0.1, 0.15) is 24.5 Å². The molecule has 1 aliphatic heterocycles. The van der Waals surface area contributed by atoms with E-state index in [2.05, 4.69) is 20.1 Å². The number of hydrogen-bond acceptors (Lipinski definition) is 8. The first-order valence-corrected chi connectivity index (χ1v) is 10.1. The lowest BCUT2D eigenvalue weighted by molar-refractivity contribution is 0.0766. The molecule has 11 nitrogen and oxygen atoms in total. The predicted molar refractivity (Wildman–Crippen MR) is 109 cm³/mol. The number of amides is 1. The quantitative estimate of drug-likeness (QED) is 0.478. The van der Waals surface area contributed by atoms with Crippen LogP contribution < -0.4 is 4.74 Å². The van der Waals surface area contributed by atoms with Crippen molar-refractivity contribution in [3.8, 4) is 17.3 Å². The molecule has 1 saturated heterocycles. The van der Waals surface area contributed by atoms with E-state index in [0.717, 1.165) is 23.6 Å². The molecule has 0 bridgehead atoms. The largest absolute Gasteiger partial charge is 0.471 e. The lowest BCUT2D eigenvalue weighted by Gasteiger charge is -2.15. The summed E-state index contributed by atoms with van der Waals surface area (Å²) in [5, 5.41) is 4.42. The minimum Gasteiger partial charge on any atom is -0.471 e. The minimum atomic E-state index is -0.191. The molecule has 1 amide bonds. The number of rotatable bonds is 5. The van der Waals surface area contributed by atoms with E-state index in [0.29, 0.717) is 42.2 Å². The van der Waals surface area contributed by atoms with Crippen LogP contribution in [0.5, 0.6) is 5.88 Å². The standard InChI is InChI=1S/C20H22N8O3/c1-4-28-12(2)14(7-24-28)17-25-16-18(26(17)3)21-10-22-19(16)31-13-5-6-27(8-13)20(29)15-9-30-11-23-15/h7,9-11,13H,4-6,8H2,1-3H3. The van der Waals surface area contributed by atoms with Crippen molar-refractivity contribution >= 4 is 17.1 Å². The molecule has 5 heterocycles. The Morgan fingerprint density at radius 1 is 1.32 bits per heavy atom. The first-order valence-electron chi connectivity index (χ1n) is 10.1. The van der Waals surface area contributed by atoms with Crippen molar-refractivity contribution in [1.82, 2.24) is 39.2 Å². The second-order valence-corrected chi connectivity index (χ2v) is 7.46. The van der Waals surface area contributed by atoms with Gasteiger partial charge in [0.15, 0.2) is 23.3 Å². The van der Waals surface area contributed by atoms with E-state index < -0.39 is 0 Å². The summed E-state index contributed by atoms with van der Waals surface area (Å²) < 4.78 is 14.9. The van der Waals surface area contributed by atoms with Gasteiger partial charge in [0.25, 0.3) is 5.91 Å². The molecular weight excluding hydrogens is 400 g/mol. The SMILES string of the molecule is CCn1ncc(-c2nc3c(OC4CCN(C(=O)c5cocn5)C4)ncnc3n2C)c1C. The Hall–Kier alpha value is -3.76. The Bertz CT molecular complexity index is 1240. The van der Waals surface area contributed by atoms with Gasteiger partial charge in [0.2, 0.25) is 5.88 Å². The number of likely N-dealkylation sites (tertiary alicyclic amines) is 1. The van der Waals surface area contributed by atoms with Gasteiger partial charge in [-0.15, -0.1) is 0 Å². The average Bonchev–Trinajstić information content (AvgIpc) is 3.56. The van der Waals surface area contributed by atoms with Crippen LogP contribution in [0.25, 0.3) is 22.6 Å². The molecule has 0 radical (unpaired) electrons. The third-order valence-corrected chi connectivity index (χ3v) is 5.63. The summed E-state index contributed by atoms with van der Waals surface area (Å²) in [4.78, 5) is 31.6. The lowest BCUT2D eigenvalue weighted by atomic mass is 10.2. The molecule has 0 N–H and O–H groups in total. The average molecular weight is 422 g/mol. The van der Waals surface area contributed by atoms with Crippen molar-refractivity contribution in [1.29, 1.82) is 0 Å². The van der Waals surface area contributed by atoms with Gasteiger partial charge in [-0.3, -0.25) is 9.48 Å². The second-order valence-electron chi connectivity index (χ2n) is 7.46. The third-order valence-electron chi connectivity index (χ3n) is 5.63. The third kappa shape index (κ3) is 3.22. The molecule has 0 saturated carbocycles. The Balaban J connectivity index is 1.41. The normalized spacial score (nSPS) is 16.4. The Morgan fingerprint density at radius 3 is 2.94 bits per heavy atom. The van der Waals surface area contributed by atoms with Crippen LogP contribution in [0.3, 0.4) is 0 Å². The number of oxazole rings is 1. The molecule has 31 heavy (non-hydrogen) atoms. The van der Waals surface area contributed by atoms with Crippen LogP contribution in [0.15, 0.2) is 29.6 Å². The molecule has 1 aliphatic rings. The maximum atomic E-state index is 12.5. The Labute approximate surface area is 177 Å².